The molecule has 1 aromatic heterocycles. The van der Waals surface area contributed by atoms with Crippen molar-refractivity contribution in [2.45, 2.75) is 44.4 Å². The highest BCUT2D eigenvalue weighted by atomic mass is 35.5. The van der Waals surface area contributed by atoms with Gasteiger partial charge < -0.3 is 5.11 Å². The fraction of sp³-hybridized carbons (Fsp3) is 0.304. The smallest absolute Gasteiger partial charge is 0.382 e. The predicted molar refractivity (Wildman–Crippen MR) is 124 cm³/mol. The van der Waals surface area contributed by atoms with E-state index in [2.05, 4.69) is 15.3 Å². The van der Waals surface area contributed by atoms with Crippen molar-refractivity contribution >= 4 is 23.0 Å². The molecule has 37 heavy (non-hydrogen) atoms. The molecule has 0 amide bonds. The monoisotopic (exact) mass is 545 g/mol. The molecule has 0 saturated carbocycles. The lowest BCUT2D eigenvalue weighted by Gasteiger charge is -2.15. The maximum atomic E-state index is 13.0. The van der Waals surface area contributed by atoms with Gasteiger partial charge in [-0.15, -0.1) is 5.10 Å². The molecule has 0 bridgehead atoms. The molecule has 1 aliphatic heterocycles. The summed E-state index contributed by atoms with van der Waals surface area (Å²) >= 11 is 5.87. The second kappa shape index (κ2) is 10.1. The van der Waals surface area contributed by atoms with E-state index in [1.807, 2.05) is 0 Å². The van der Waals surface area contributed by atoms with Gasteiger partial charge in [0.1, 0.15) is 0 Å². The molecule has 0 aliphatic carbocycles. The average Bonchev–Trinajstić information content (AvgIpc) is 3.38. The van der Waals surface area contributed by atoms with Crippen molar-refractivity contribution in [2.24, 2.45) is 10.2 Å². The summed E-state index contributed by atoms with van der Waals surface area (Å²) in [5, 5.41) is 22.0. The summed E-state index contributed by atoms with van der Waals surface area (Å²) in [5.74, 6) is -0.117. The second-order valence-electron chi connectivity index (χ2n) is 8.32. The average molecular weight is 546 g/mol. The van der Waals surface area contributed by atoms with Crippen molar-refractivity contribution < 1.29 is 31.4 Å². The Bertz CT molecular complexity index is 1410. The largest absolute Gasteiger partial charge is 0.416 e. The topological polar surface area (TPSA) is 84.8 Å². The molecule has 1 atom stereocenters. The Labute approximate surface area is 210 Å². The highest BCUT2D eigenvalue weighted by Crippen LogP contribution is 2.30. The van der Waals surface area contributed by atoms with E-state index in [9.17, 15) is 36.2 Å². The summed E-state index contributed by atoms with van der Waals surface area (Å²) in [6, 6.07) is 10.7. The lowest BCUT2D eigenvalue weighted by atomic mass is 10.0. The minimum Gasteiger partial charge on any atom is -0.382 e. The summed E-state index contributed by atoms with van der Waals surface area (Å²) in [6.45, 7) is -1.30. The third kappa shape index (κ3) is 6.28. The van der Waals surface area contributed by atoms with Crippen LogP contribution in [0.1, 0.15) is 17.5 Å². The highest BCUT2D eigenvalue weighted by Gasteiger charge is 2.39. The van der Waals surface area contributed by atoms with Gasteiger partial charge in [-0.1, -0.05) is 29.8 Å². The van der Waals surface area contributed by atoms with E-state index in [1.165, 1.54) is 36.4 Å². The fourth-order valence-corrected chi connectivity index (χ4v) is 3.82. The first-order valence-electron chi connectivity index (χ1n) is 10.8. The Hall–Kier alpha value is -3.45. The molecule has 0 fully saturated rings. The quantitative estimate of drug-likeness (QED) is 0.435. The molecule has 7 nitrogen and oxygen atoms in total. The molecular weight excluding hydrogens is 528 g/mol. The summed E-state index contributed by atoms with van der Waals surface area (Å²) in [7, 11) is 0. The van der Waals surface area contributed by atoms with Crippen LogP contribution in [-0.2, 0) is 25.7 Å². The maximum absolute atomic E-state index is 13.0. The van der Waals surface area contributed by atoms with Crippen LogP contribution in [0.2, 0.25) is 5.02 Å². The molecule has 1 N–H and O–H groups in total. The fourth-order valence-electron chi connectivity index (χ4n) is 3.70. The summed E-state index contributed by atoms with van der Waals surface area (Å²) in [5.41, 5.74) is -0.248. The number of aromatic nitrogens is 3. The molecule has 2 heterocycles. The Balaban J connectivity index is 1.53. The van der Waals surface area contributed by atoms with E-state index in [1.54, 1.807) is 0 Å². The number of hydrogen-bond donors (Lipinski definition) is 1. The minimum absolute atomic E-state index is 0.0913. The van der Waals surface area contributed by atoms with Crippen LogP contribution in [0.15, 0.2) is 63.5 Å². The number of rotatable bonds is 7. The SMILES string of the molecule is O=c1n(CC2=NN=C(Cc3cccc(C(F)(F)F)c3)C2)nc(-c2ccc(Cl)cc2)n1C[C@@H](O)C(F)(F)F. The Morgan fingerprint density at radius 3 is 2.32 bits per heavy atom. The van der Waals surface area contributed by atoms with Gasteiger partial charge in [-0.3, -0.25) is 4.57 Å². The molecule has 196 valence electrons. The summed E-state index contributed by atoms with van der Waals surface area (Å²) in [4.78, 5) is 12.9. The number of nitrogens with zero attached hydrogens (tertiary/aromatic N) is 5. The van der Waals surface area contributed by atoms with Gasteiger partial charge in [0.05, 0.1) is 30.1 Å². The molecule has 14 heteroatoms. The molecule has 1 aliphatic rings. The normalized spacial score (nSPS) is 15.0. The van der Waals surface area contributed by atoms with Crippen LogP contribution in [-0.4, -0.2) is 43.2 Å². The van der Waals surface area contributed by atoms with Gasteiger partial charge in [0.25, 0.3) is 0 Å². The van der Waals surface area contributed by atoms with Crippen molar-refractivity contribution in [3.05, 3.63) is 75.2 Å². The first-order valence-corrected chi connectivity index (χ1v) is 11.1. The van der Waals surface area contributed by atoms with Crippen LogP contribution < -0.4 is 5.69 Å². The molecule has 0 radical (unpaired) electrons. The van der Waals surface area contributed by atoms with E-state index in [-0.39, 0.29) is 25.2 Å². The number of aliphatic hydroxyl groups is 1. The van der Waals surface area contributed by atoms with E-state index in [0.29, 0.717) is 32.1 Å². The van der Waals surface area contributed by atoms with E-state index in [0.717, 1.165) is 16.8 Å². The third-order valence-electron chi connectivity index (χ3n) is 5.49. The lowest BCUT2D eigenvalue weighted by molar-refractivity contribution is -0.207. The summed E-state index contributed by atoms with van der Waals surface area (Å²) in [6.07, 6.45) is -12.0. The van der Waals surface area contributed by atoms with Gasteiger partial charge in [0, 0.05) is 23.4 Å². The van der Waals surface area contributed by atoms with Crippen LogP contribution in [0.3, 0.4) is 0 Å². The van der Waals surface area contributed by atoms with Crippen molar-refractivity contribution in [1.29, 1.82) is 0 Å². The van der Waals surface area contributed by atoms with Gasteiger partial charge >= 0.3 is 18.0 Å². The number of hydrogen-bond acceptors (Lipinski definition) is 5. The first kappa shape index (κ1) is 26.6. The van der Waals surface area contributed by atoms with E-state index in [4.69, 9.17) is 11.6 Å². The summed E-state index contributed by atoms with van der Waals surface area (Å²) < 4.78 is 79.5. The standard InChI is InChI=1S/C23H18ClF6N5O2/c24-16-6-4-14(5-7-16)20-33-35(21(37)34(20)12-19(36)23(28,29)30)11-18-10-17(31-32-18)9-13-2-1-3-15(8-13)22(25,26)27/h1-8,19,36H,9-12H2/t19-/m1/s1. The highest BCUT2D eigenvalue weighted by molar-refractivity contribution is 6.30. The van der Waals surface area contributed by atoms with Crippen LogP contribution >= 0.6 is 11.6 Å². The van der Waals surface area contributed by atoms with Crippen molar-refractivity contribution in [2.75, 3.05) is 0 Å². The predicted octanol–water partition coefficient (Wildman–Crippen LogP) is 4.75. The van der Waals surface area contributed by atoms with Gasteiger partial charge in [-0.05, 0) is 35.9 Å². The first-order chi connectivity index (χ1) is 17.3. The lowest BCUT2D eigenvalue weighted by Crippen LogP contribution is -2.37. The van der Waals surface area contributed by atoms with Gasteiger partial charge in [0.15, 0.2) is 11.9 Å². The van der Waals surface area contributed by atoms with Gasteiger partial charge in [0.2, 0.25) is 0 Å². The van der Waals surface area contributed by atoms with Crippen LogP contribution in [0.5, 0.6) is 0 Å². The molecule has 0 unspecified atom stereocenters. The Morgan fingerprint density at radius 2 is 1.68 bits per heavy atom. The van der Waals surface area contributed by atoms with Crippen molar-refractivity contribution in [1.82, 2.24) is 14.3 Å². The molecule has 2 aromatic carbocycles. The zero-order valence-electron chi connectivity index (χ0n) is 18.8. The van der Waals surface area contributed by atoms with E-state index < -0.39 is 36.3 Å². The second-order valence-corrected chi connectivity index (χ2v) is 8.76. The maximum Gasteiger partial charge on any atom is 0.416 e. The van der Waals surface area contributed by atoms with Gasteiger partial charge in [-0.25, -0.2) is 9.48 Å². The van der Waals surface area contributed by atoms with E-state index >= 15 is 0 Å². The molecular formula is C23H18ClF6N5O2. The Kier molecular flexibility index (Phi) is 7.29. The third-order valence-corrected chi connectivity index (χ3v) is 5.75. The van der Waals surface area contributed by atoms with Crippen molar-refractivity contribution in [3.63, 3.8) is 0 Å². The van der Waals surface area contributed by atoms with Gasteiger partial charge in [-0.2, -0.15) is 36.5 Å². The van der Waals surface area contributed by atoms with Crippen LogP contribution in [0.25, 0.3) is 11.4 Å². The molecule has 3 aromatic rings. The molecule has 0 saturated heterocycles. The number of alkyl halides is 6. The number of aliphatic hydroxyl groups excluding tert-OH is 1. The zero-order chi connectivity index (χ0) is 27.0. The zero-order valence-corrected chi connectivity index (χ0v) is 19.5. The number of benzene rings is 2. The van der Waals surface area contributed by atoms with Crippen LogP contribution in [0, 0.1) is 0 Å². The molecule has 0 spiro atoms. The van der Waals surface area contributed by atoms with Crippen LogP contribution in [0.4, 0.5) is 26.3 Å². The van der Waals surface area contributed by atoms with Crippen molar-refractivity contribution in [3.8, 4) is 11.4 Å². The Morgan fingerprint density at radius 1 is 1.00 bits per heavy atom. The number of halogens is 7. The molecule has 4 rings (SSSR count). The minimum atomic E-state index is -4.96.